The molecule has 2 atom stereocenters. The number of carbonyl (C=O) groups excluding carboxylic acids is 2. The number of halogens is 2. The van der Waals surface area contributed by atoms with E-state index in [0.717, 1.165) is 107 Å². The van der Waals surface area contributed by atoms with Crippen LogP contribution in [0.25, 0.3) is 0 Å². The predicted octanol–water partition coefficient (Wildman–Crippen LogP) is 9.28. The van der Waals surface area contributed by atoms with Gasteiger partial charge in [-0.15, -0.1) is 0 Å². The highest BCUT2D eigenvalue weighted by molar-refractivity contribution is 6.30. The van der Waals surface area contributed by atoms with Crippen molar-refractivity contribution in [1.82, 2.24) is 9.13 Å². The predicted molar refractivity (Wildman–Crippen MR) is 315 cm³/mol. The summed E-state index contributed by atoms with van der Waals surface area (Å²) in [7, 11) is 0. The zero-order valence-corrected chi connectivity index (χ0v) is 48.3. The summed E-state index contributed by atoms with van der Waals surface area (Å²) in [6.45, 7) is 11.5. The average Bonchev–Trinajstić information content (AvgIpc) is 4.20. The third-order valence-corrected chi connectivity index (χ3v) is 13.2. The van der Waals surface area contributed by atoms with Crippen LogP contribution in [0.2, 0.25) is 10.0 Å². The molecule has 8 aromatic rings. The van der Waals surface area contributed by atoms with Crippen molar-refractivity contribution in [2.45, 2.75) is 84.3 Å². The molecule has 18 heteroatoms. The Morgan fingerprint density at radius 3 is 1.24 bits per heavy atom. The van der Waals surface area contributed by atoms with E-state index < -0.39 is 18.4 Å². The number of carboxylic acids is 2. The van der Waals surface area contributed by atoms with Crippen molar-refractivity contribution < 1.29 is 47.9 Å². The quantitative estimate of drug-likeness (QED) is 0.0319. The summed E-state index contributed by atoms with van der Waals surface area (Å²) in [5, 5.41) is 44.9. The summed E-state index contributed by atoms with van der Waals surface area (Å²) in [6, 6.07) is 51.6. The van der Waals surface area contributed by atoms with Gasteiger partial charge in [0.2, 0.25) is 12.7 Å². The van der Waals surface area contributed by atoms with Gasteiger partial charge in [0.05, 0.1) is 62.8 Å². The molecule has 83 heavy (non-hydrogen) atoms. The topological polar surface area (TPSA) is 206 Å². The first kappa shape index (κ1) is 63.5. The molecule has 0 aliphatic rings. The Bertz CT molecular complexity index is 3030. The summed E-state index contributed by atoms with van der Waals surface area (Å²) in [4.78, 5) is 18.6. The smallest absolute Gasteiger partial charge is 0.243 e. The summed E-state index contributed by atoms with van der Waals surface area (Å²) in [5.41, 5.74) is 7.96. The van der Waals surface area contributed by atoms with Gasteiger partial charge in [0.25, 0.3) is 0 Å². The lowest BCUT2D eigenvalue weighted by molar-refractivity contribution is -0.704. The van der Waals surface area contributed by atoms with Gasteiger partial charge in [-0.1, -0.05) is 85.6 Å². The fraction of sp³-hybridized carbons (Fsp3) is 0.292. The Hall–Kier alpha value is -8.64. The largest absolute Gasteiger partial charge is 0.550 e. The molecule has 0 aliphatic heterocycles. The average molecular weight is 1160 g/mol. The van der Waals surface area contributed by atoms with Gasteiger partial charge in [0.15, 0.2) is 0 Å². The number of imidazole rings is 2. The molecule has 0 saturated carbocycles. The number of aliphatic carboxylic acids is 2. The molecule has 0 fully saturated rings. The van der Waals surface area contributed by atoms with Crippen LogP contribution in [0.15, 0.2) is 183 Å². The number of rotatable bonds is 30. The fourth-order valence-electron chi connectivity index (χ4n) is 8.29. The number of hydrogen-bond acceptors (Lipinski definition) is 12. The van der Waals surface area contributed by atoms with Gasteiger partial charge >= 0.3 is 0 Å². The highest BCUT2D eigenvalue weighted by atomic mass is 35.5. The summed E-state index contributed by atoms with van der Waals surface area (Å²) < 4.78 is 33.0. The molecule has 0 bridgehead atoms. The van der Waals surface area contributed by atoms with Crippen LogP contribution in [0, 0.1) is 22.7 Å². The van der Waals surface area contributed by atoms with Gasteiger partial charge in [0, 0.05) is 39.8 Å². The molecule has 8 rings (SSSR count). The molecule has 2 heterocycles. The van der Waals surface area contributed by atoms with Crippen molar-refractivity contribution in [2.75, 3.05) is 50.2 Å². The SMILES string of the molecule is CCCOc1ccc(C(C[n+]2ccn(CCNc3ccc(Cl)cc3)c2)OCCc2ccc(C#N)cc2)cc1.CCCOc1ccc(C(C[n+]2ccn(CCNc3ccc(Cl)cc3)c2)OCCc2ccc(C#N)cc2)cc1.O=C([O-])CC(=O)[O-]. The van der Waals surface area contributed by atoms with Gasteiger partial charge in [-0.3, -0.25) is 0 Å². The first-order valence-corrected chi connectivity index (χ1v) is 28.3. The van der Waals surface area contributed by atoms with Gasteiger partial charge < -0.3 is 49.4 Å². The number of nitrogens with one attached hydrogen (secondary N) is 2. The van der Waals surface area contributed by atoms with Crippen molar-refractivity contribution in [3.63, 3.8) is 0 Å². The Morgan fingerprint density at radius 2 is 0.916 bits per heavy atom. The summed E-state index contributed by atoms with van der Waals surface area (Å²) in [6.07, 6.45) is 14.8. The first-order valence-electron chi connectivity index (χ1n) is 27.5. The summed E-state index contributed by atoms with van der Waals surface area (Å²) in [5.74, 6) is -1.50. The third kappa shape index (κ3) is 23.8. The second-order valence-electron chi connectivity index (χ2n) is 19.2. The van der Waals surface area contributed by atoms with Crippen molar-refractivity contribution in [3.05, 3.63) is 226 Å². The van der Waals surface area contributed by atoms with E-state index in [1.165, 1.54) is 0 Å². The minimum Gasteiger partial charge on any atom is -0.550 e. The van der Waals surface area contributed by atoms with Crippen molar-refractivity contribution >= 4 is 46.5 Å². The van der Waals surface area contributed by atoms with E-state index in [2.05, 4.69) is 117 Å². The van der Waals surface area contributed by atoms with Crippen molar-refractivity contribution in [2.24, 2.45) is 0 Å². The number of nitrogens with zero attached hydrogens (tertiary/aromatic N) is 6. The number of ether oxygens (including phenoxy) is 4. The number of carboxylic acid groups (broad SMARTS) is 2. The van der Waals surface area contributed by atoms with E-state index in [4.69, 9.17) is 52.7 Å². The van der Waals surface area contributed by atoms with Crippen LogP contribution in [0.5, 0.6) is 11.5 Å². The Kier molecular flexibility index (Phi) is 27.0. The number of nitriles is 2. The molecule has 0 aliphatic carbocycles. The number of benzene rings is 6. The molecule has 0 amide bonds. The summed E-state index contributed by atoms with van der Waals surface area (Å²) >= 11 is 11.9. The maximum absolute atomic E-state index is 9.28. The van der Waals surface area contributed by atoms with E-state index in [-0.39, 0.29) is 12.2 Å². The van der Waals surface area contributed by atoms with Gasteiger partial charge in [-0.05, 0) is 145 Å². The maximum Gasteiger partial charge on any atom is 0.243 e. The Labute approximate surface area is 496 Å². The molecule has 2 aromatic heterocycles. The van der Waals surface area contributed by atoms with Crippen LogP contribution in [0.4, 0.5) is 11.4 Å². The van der Waals surface area contributed by atoms with Crippen molar-refractivity contribution in [3.8, 4) is 23.6 Å². The van der Waals surface area contributed by atoms with Crippen LogP contribution >= 0.6 is 23.2 Å². The van der Waals surface area contributed by atoms with Crippen LogP contribution in [0.3, 0.4) is 0 Å². The minimum atomic E-state index is -1.63. The zero-order valence-electron chi connectivity index (χ0n) is 46.8. The van der Waals surface area contributed by atoms with Crippen LogP contribution in [0.1, 0.15) is 78.7 Å². The lowest BCUT2D eigenvalue weighted by atomic mass is 10.1. The zero-order chi connectivity index (χ0) is 59.0. The molecule has 6 aromatic carbocycles. The Morgan fingerprint density at radius 1 is 0.542 bits per heavy atom. The van der Waals surface area contributed by atoms with Gasteiger partial charge in [-0.25, -0.2) is 18.3 Å². The van der Waals surface area contributed by atoms with Gasteiger partial charge in [0.1, 0.15) is 74.7 Å². The number of anilines is 2. The highest BCUT2D eigenvalue weighted by Gasteiger charge is 2.19. The van der Waals surface area contributed by atoms with Gasteiger partial charge in [-0.2, -0.15) is 10.5 Å². The van der Waals surface area contributed by atoms with E-state index in [1.54, 1.807) is 0 Å². The van der Waals surface area contributed by atoms with Crippen LogP contribution in [-0.4, -0.2) is 60.6 Å². The van der Waals surface area contributed by atoms with E-state index in [9.17, 15) is 19.8 Å². The maximum atomic E-state index is 9.28. The normalized spacial score (nSPS) is 11.3. The molecule has 2 N–H and O–H groups in total. The van der Waals surface area contributed by atoms with Crippen molar-refractivity contribution in [1.29, 1.82) is 10.5 Å². The molecule has 16 nitrogen and oxygen atoms in total. The van der Waals surface area contributed by atoms with E-state index in [1.807, 2.05) is 121 Å². The molecule has 0 radical (unpaired) electrons. The number of carbonyl (C=O) groups is 2. The highest BCUT2D eigenvalue weighted by Crippen LogP contribution is 2.24. The lowest BCUT2D eigenvalue weighted by Gasteiger charge is -2.17. The molecule has 2 unspecified atom stereocenters. The lowest BCUT2D eigenvalue weighted by Crippen LogP contribution is -2.36. The van der Waals surface area contributed by atoms with E-state index >= 15 is 0 Å². The molecule has 432 valence electrons. The second-order valence-corrected chi connectivity index (χ2v) is 20.0. The molecular weight excluding hydrogens is 1090 g/mol. The Balaban J connectivity index is 0.000000239. The van der Waals surface area contributed by atoms with Crippen LogP contribution < -0.4 is 39.5 Å². The number of aromatic nitrogens is 4. The molecular formula is C65H70Cl2N8O8. The monoisotopic (exact) mass is 1160 g/mol. The third-order valence-electron chi connectivity index (χ3n) is 12.7. The van der Waals surface area contributed by atoms with Crippen LogP contribution in [-0.2, 0) is 58.1 Å². The second kappa shape index (κ2) is 35.3. The minimum absolute atomic E-state index is 0.110. The molecule has 0 spiro atoms. The first-order chi connectivity index (χ1) is 40.4. The standard InChI is InChI=1S/2C31H34ClN4O2.C3H4O4/c2*1-2-20-37-30-13-7-27(8-14-30)31(38-21-15-25-3-5-26(22-33)6-4-25)23-36-19-18-35(24-36)17-16-34-29-11-9-28(32)10-12-29;4-2(5)1-3(6)7/h2*3-14,18-19,24,31,34H,2,15-17,20-21,23H2,1H3;1H2,(H,4,5)(H,6,7)/q2*+1;/p-2. The van der Waals surface area contributed by atoms with E-state index in [0.29, 0.717) is 50.6 Å². The fourth-order valence-corrected chi connectivity index (χ4v) is 8.54. The molecule has 0 saturated heterocycles. The number of hydrogen-bond donors (Lipinski definition) is 2.